The predicted molar refractivity (Wildman–Crippen MR) is 107 cm³/mol. The molecule has 0 saturated carbocycles. The fraction of sp³-hybridized carbons (Fsp3) is 0.429. The Bertz CT molecular complexity index is 772. The van der Waals surface area contributed by atoms with E-state index in [0.29, 0.717) is 18.0 Å². The largest absolute Gasteiger partial charge is 0.342 e. The third-order valence-corrected chi connectivity index (χ3v) is 6.16. The number of rotatable bonds is 6. The van der Waals surface area contributed by atoms with Crippen molar-refractivity contribution in [3.05, 3.63) is 56.7 Å². The second-order valence-corrected chi connectivity index (χ2v) is 8.40. The zero-order valence-electron chi connectivity index (χ0n) is 15.0. The molecule has 138 valence electrons. The van der Waals surface area contributed by atoms with Crippen LogP contribution < -0.4 is 0 Å². The van der Waals surface area contributed by atoms with Crippen molar-refractivity contribution in [2.24, 2.45) is 5.92 Å². The number of aryl methyl sites for hydroxylation is 2. The van der Waals surface area contributed by atoms with E-state index in [4.69, 9.17) is 11.6 Å². The van der Waals surface area contributed by atoms with Crippen LogP contribution in [0.15, 0.2) is 35.7 Å². The third-order valence-electron chi connectivity index (χ3n) is 4.99. The van der Waals surface area contributed by atoms with E-state index < -0.39 is 0 Å². The molecule has 1 saturated heterocycles. The molecule has 0 N–H and O–H groups in total. The highest BCUT2D eigenvalue weighted by atomic mass is 35.5. The van der Waals surface area contributed by atoms with Crippen molar-refractivity contribution < 1.29 is 9.59 Å². The summed E-state index contributed by atoms with van der Waals surface area (Å²) in [5.41, 5.74) is 1.63. The van der Waals surface area contributed by atoms with E-state index >= 15 is 0 Å². The fourth-order valence-corrected chi connectivity index (χ4v) is 4.55. The standard InChI is InChI=1S/C21H24ClNO2S/c1-15-13-17(22)9-10-19(15)21(25)16-5-3-11-23(14-16)20(24)8-2-6-18-7-4-12-26-18/h4,7,9-10,12-13,16H,2-3,5-6,8,11,14H2,1H3/t16-/m1/s1. The highest BCUT2D eigenvalue weighted by Gasteiger charge is 2.29. The molecule has 3 rings (SSSR count). The number of carbonyl (C=O) groups is 2. The number of amides is 1. The summed E-state index contributed by atoms with van der Waals surface area (Å²) in [5.74, 6) is 0.201. The van der Waals surface area contributed by atoms with E-state index in [1.54, 1.807) is 17.4 Å². The number of nitrogens with zero attached hydrogens (tertiary/aromatic N) is 1. The Balaban J connectivity index is 1.56. The average molecular weight is 390 g/mol. The monoisotopic (exact) mass is 389 g/mol. The van der Waals surface area contributed by atoms with Crippen LogP contribution >= 0.6 is 22.9 Å². The van der Waals surface area contributed by atoms with E-state index in [9.17, 15) is 9.59 Å². The predicted octanol–water partition coefficient (Wildman–Crippen LogP) is 5.15. The first kappa shape index (κ1) is 19.1. The van der Waals surface area contributed by atoms with E-state index in [0.717, 1.165) is 43.4 Å². The molecule has 3 nitrogen and oxygen atoms in total. The lowest BCUT2D eigenvalue weighted by atomic mass is 9.88. The molecule has 0 spiro atoms. The molecule has 2 heterocycles. The van der Waals surface area contributed by atoms with Crippen LogP contribution in [0, 0.1) is 12.8 Å². The summed E-state index contributed by atoms with van der Waals surface area (Å²) in [6.45, 7) is 3.22. The summed E-state index contributed by atoms with van der Waals surface area (Å²) in [6.07, 6.45) is 4.10. The lowest BCUT2D eigenvalue weighted by Crippen LogP contribution is -2.42. The molecule has 1 fully saturated rings. The maximum atomic E-state index is 12.9. The van der Waals surface area contributed by atoms with Crippen LogP contribution in [-0.4, -0.2) is 29.7 Å². The Kier molecular flexibility index (Phi) is 6.49. The SMILES string of the molecule is Cc1cc(Cl)ccc1C(=O)[C@@H]1CCCN(C(=O)CCCc2cccs2)C1. The number of halogens is 1. The van der Waals surface area contributed by atoms with Crippen LogP contribution in [0.1, 0.15) is 46.5 Å². The Morgan fingerprint density at radius 2 is 2.15 bits per heavy atom. The number of carbonyl (C=O) groups excluding carboxylic acids is 2. The van der Waals surface area contributed by atoms with Gasteiger partial charge < -0.3 is 4.90 Å². The second-order valence-electron chi connectivity index (χ2n) is 6.94. The lowest BCUT2D eigenvalue weighted by Gasteiger charge is -2.32. The van der Waals surface area contributed by atoms with Crippen LogP contribution in [0.4, 0.5) is 0 Å². The van der Waals surface area contributed by atoms with Crippen molar-refractivity contribution >= 4 is 34.6 Å². The number of Topliss-reactive ketones (excluding diaryl/α,β-unsaturated/α-hetero) is 1. The van der Waals surface area contributed by atoms with Gasteiger partial charge in [0.2, 0.25) is 5.91 Å². The zero-order valence-corrected chi connectivity index (χ0v) is 16.6. The van der Waals surface area contributed by atoms with E-state index in [1.165, 1.54) is 4.88 Å². The molecule has 1 atom stereocenters. The Morgan fingerprint density at radius 3 is 2.88 bits per heavy atom. The topological polar surface area (TPSA) is 37.4 Å². The summed E-state index contributed by atoms with van der Waals surface area (Å²) in [6, 6.07) is 9.55. The molecule has 0 aliphatic carbocycles. The van der Waals surface area contributed by atoms with Gasteiger partial charge in [-0.15, -0.1) is 11.3 Å². The van der Waals surface area contributed by atoms with Gasteiger partial charge in [-0.05, 0) is 67.8 Å². The van der Waals surface area contributed by atoms with E-state index in [2.05, 4.69) is 11.4 Å². The van der Waals surface area contributed by atoms with Crippen LogP contribution in [0.25, 0.3) is 0 Å². The molecule has 1 aliphatic rings. The Hall–Kier alpha value is -1.65. The number of ketones is 1. The lowest BCUT2D eigenvalue weighted by molar-refractivity contribution is -0.132. The molecular formula is C21H24ClNO2S. The maximum Gasteiger partial charge on any atom is 0.222 e. The molecule has 0 bridgehead atoms. The molecule has 1 amide bonds. The average Bonchev–Trinajstić information content (AvgIpc) is 3.15. The van der Waals surface area contributed by atoms with Gasteiger partial charge >= 0.3 is 0 Å². The summed E-state index contributed by atoms with van der Waals surface area (Å²) in [4.78, 5) is 28.6. The zero-order chi connectivity index (χ0) is 18.5. The van der Waals surface area contributed by atoms with Gasteiger partial charge in [0.1, 0.15) is 0 Å². The number of likely N-dealkylation sites (tertiary alicyclic amines) is 1. The number of thiophene rings is 1. The van der Waals surface area contributed by atoms with Crippen LogP contribution in [-0.2, 0) is 11.2 Å². The van der Waals surface area contributed by atoms with Crippen molar-refractivity contribution in [3.63, 3.8) is 0 Å². The first-order valence-corrected chi connectivity index (χ1v) is 10.4. The van der Waals surface area contributed by atoms with Gasteiger partial charge in [-0.2, -0.15) is 0 Å². The van der Waals surface area contributed by atoms with Gasteiger partial charge in [0.15, 0.2) is 5.78 Å². The maximum absolute atomic E-state index is 12.9. The molecule has 0 radical (unpaired) electrons. The van der Waals surface area contributed by atoms with Crippen LogP contribution in [0.3, 0.4) is 0 Å². The molecule has 26 heavy (non-hydrogen) atoms. The normalized spacial score (nSPS) is 17.3. The fourth-order valence-electron chi connectivity index (χ4n) is 3.57. The summed E-state index contributed by atoms with van der Waals surface area (Å²) >= 11 is 7.73. The van der Waals surface area contributed by atoms with Crippen molar-refractivity contribution in [1.82, 2.24) is 4.90 Å². The van der Waals surface area contributed by atoms with Crippen molar-refractivity contribution in [2.45, 2.75) is 39.0 Å². The quantitative estimate of drug-likeness (QED) is 0.640. The van der Waals surface area contributed by atoms with Gasteiger partial charge in [-0.1, -0.05) is 17.7 Å². The Morgan fingerprint density at radius 1 is 1.31 bits per heavy atom. The van der Waals surface area contributed by atoms with Crippen LogP contribution in [0.2, 0.25) is 5.02 Å². The highest BCUT2D eigenvalue weighted by Crippen LogP contribution is 2.25. The molecule has 5 heteroatoms. The van der Waals surface area contributed by atoms with Gasteiger partial charge in [0, 0.05) is 40.9 Å². The van der Waals surface area contributed by atoms with Crippen molar-refractivity contribution in [1.29, 1.82) is 0 Å². The first-order valence-electron chi connectivity index (χ1n) is 9.15. The molecule has 1 aliphatic heterocycles. The summed E-state index contributed by atoms with van der Waals surface area (Å²) < 4.78 is 0. The number of hydrogen-bond acceptors (Lipinski definition) is 3. The highest BCUT2D eigenvalue weighted by molar-refractivity contribution is 7.09. The number of benzene rings is 1. The smallest absolute Gasteiger partial charge is 0.222 e. The third kappa shape index (κ3) is 4.74. The molecule has 1 aromatic carbocycles. The van der Waals surface area contributed by atoms with E-state index in [-0.39, 0.29) is 17.6 Å². The number of piperidine rings is 1. The summed E-state index contributed by atoms with van der Waals surface area (Å²) in [5, 5.41) is 2.71. The minimum Gasteiger partial charge on any atom is -0.342 e. The molecule has 0 unspecified atom stereocenters. The minimum absolute atomic E-state index is 0.107. The van der Waals surface area contributed by atoms with Gasteiger partial charge in [-0.25, -0.2) is 0 Å². The number of hydrogen-bond donors (Lipinski definition) is 0. The summed E-state index contributed by atoms with van der Waals surface area (Å²) in [7, 11) is 0. The van der Waals surface area contributed by atoms with E-state index in [1.807, 2.05) is 30.0 Å². The first-order chi connectivity index (χ1) is 12.5. The van der Waals surface area contributed by atoms with Crippen LogP contribution in [0.5, 0.6) is 0 Å². The van der Waals surface area contributed by atoms with Gasteiger partial charge in [0.05, 0.1) is 0 Å². The van der Waals surface area contributed by atoms with Gasteiger partial charge in [0.25, 0.3) is 0 Å². The molecule has 2 aromatic rings. The second kappa shape index (κ2) is 8.83. The van der Waals surface area contributed by atoms with Crippen molar-refractivity contribution in [3.8, 4) is 0 Å². The van der Waals surface area contributed by atoms with Crippen molar-refractivity contribution in [2.75, 3.05) is 13.1 Å². The molecular weight excluding hydrogens is 366 g/mol. The van der Waals surface area contributed by atoms with Gasteiger partial charge in [-0.3, -0.25) is 9.59 Å². The minimum atomic E-state index is -0.107. The Labute approximate surface area is 164 Å². The molecule has 1 aromatic heterocycles.